The Morgan fingerprint density at radius 1 is 1.37 bits per heavy atom. The van der Waals surface area contributed by atoms with E-state index in [-0.39, 0.29) is 12.1 Å². The largest absolute Gasteiger partial charge is 0.494 e. The smallest absolute Gasteiger partial charge is 0.271 e. The third-order valence-electron chi connectivity index (χ3n) is 2.80. The van der Waals surface area contributed by atoms with Gasteiger partial charge in [0.2, 0.25) is 0 Å². The summed E-state index contributed by atoms with van der Waals surface area (Å²) in [6, 6.07) is 9.34. The average Bonchev–Trinajstić information content (AvgIpc) is 2.42. The molecule has 0 saturated carbocycles. The zero-order valence-corrected chi connectivity index (χ0v) is 11.1. The van der Waals surface area contributed by atoms with Gasteiger partial charge >= 0.3 is 0 Å². The van der Waals surface area contributed by atoms with Crippen LogP contribution in [0.4, 0.5) is 0 Å². The fourth-order valence-corrected chi connectivity index (χ4v) is 1.87. The summed E-state index contributed by atoms with van der Waals surface area (Å²) in [5.74, 6) is 0.782. The Balaban J connectivity index is 2.49. The molecule has 0 bridgehead atoms. The van der Waals surface area contributed by atoms with Crippen LogP contribution in [0.3, 0.4) is 0 Å². The van der Waals surface area contributed by atoms with Gasteiger partial charge < -0.3 is 10.5 Å². The Bertz CT molecular complexity index is 635. The summed E-state index contributed by atoms with van der Waals surface area (Å²) in [5, 5.41) is 4.25. The van der Waals surface area contributed by atoms with Gasteiger partial charge in [-0.15, -0.1) is 0 Å². The molecule has 0 fully saturated rings. The second-order valence-electron chi connectivity index (χ2n) is 4.15. The molecule has 0 atom stereocenters. The Kier molecular flexibility index (Phi) is 3.97. The topological polar surface area (TPSA) is 70.1 Å². The molecule has 0 radical (unpaired) electrons. The van der Waals surface area contributed by atoms with Crippen molar-refractivity contribution in [3.05, 3.63) is 46.2 Å². The van der Waals surface area contributed by atoms with Gasteiger partial charge in [-0.25, -0.2) is 4.68 Å². The second-order valence-corrected chi connectivity index (χ2v) is 4.15. The van der Waals surface area contributed by atoms with E-state index in [2.05, 4.69) is 5.10 Å². The van der Waals surface area contributed by atoms with E-state index < -0.39 is 0 Å². The third-order valence-corrected chi connectivity index (χ3v) is 2.80. The van der Waals surface area contributed by atoms with Crippen molar-refractivity contribution in [3.8, 4) is 17.0 Å². The molecule has 100 valence electrons. The lowest BCUT2D eigenvalue weighted by atomic mass is 10.1. The molecular weight excluding hydrogens is 242 g/mol. The van der Waals surface area contributed by atoms with E-state index in [4.69, 9.17) is 10.5 Å². The quantitative estimate of drug-likeness (QED) is 0.898. The summed E-state index contributed by atoms with van der Waals surface area (Å²) >= 11 is 0. The zero-order valence-electron chi connectivity index (χ0n) is 11.1. The number of nitrogens with zero attached hydrogens (tertiary/aromatic N) is 2. The molecule has 0 aliphatic rings. The van der Waals surface area contributed by atoms with Crippen LogP contribution in [0.25, 0.3) is 11.3 Å². The van der Waals surface area contributed by atoms with E-state index in [0.717, 1.165) is 11.3 Å². The summed E-state index contributed by atoms with van der Waals surface area (Å²) in [6.45, 7) is 2.75. The summed E-state index contributed by atoms with van der Waals surface area (Å²) in [7, 11) is 1.62. The summed E-state index contributed by atoms with van der Waals surface area (Å²) in [6.07, 6.45) is 0. The van der Waals surface area contributed by atoms with E-state index in [9.17, 15) is 4.79 Å². The molecular formula is C14H17N3O2. The molecule has 0 aliphatic carbocycles. The zero-order chi connectivity index (χ0) is 13.8. The molecule has 1 heterocycles. The van der Waals surface area contributed by atoms with E-state index in [0.29, 0.717) is 17.9 Å². The van der Waals surface area contributed by atoms with Crippen molar-refractivity contribution in [2.24, 2.45) is 12.8 Å². The maximum absolute atomic E-state index is 11.7. The predicted molar refractivity (Wildman–Crippen MR) is 74.0 cm³/mol. The summed E-state index contributed by atoms with van der Waals surface area (Å²) in [5.41, 5.74) is 7.58. The highest BCUT2D eigenvalue weighted by molar-refractivity contribution is 5.61. The minimum absolute atomic E-state index is 0.160. The number of aryl methyl sites for hydroxylation is 1. The predicted octanol–water partition coefficient (Wildman–Crippen LogP) is 1.30. The van der Waals surface area contributed by atoms with Gasteiger partial charge in [0.25, 0.3) is 5.56 Å². The minimum atomic E-state index is -0.160. The van der Waals surface area contributed by atoms with E-state index in [1.54, 1.807) is 13.1 Å². The molecule has 1 aromatic carbocycles. The van der Waals surface area contributed by atoms with Crippen LogP contribution in [0, 0.1) is 0 Å². The Labute approximate surface area is 111 Å². The standard InChI is InChI=1S/C14H17N3O2/c1-3-19-12-6-4-5-10(7-12)13-8-11(9-15)14(18)17(2)16-13/h4-8H,3,9,15H2,1-2H3. The molecule has 19 heavy (non-hydrogen) atoms. The number of hydrogen-bond acceptors (Lipinski definition) is 4. The molecule has 2 rings (SSSR count). The van der Waals surface area contributed by atoms with Crippen LogP contribution in [-0.2, 0) is 13.6 Å². The molecule has 0 amide bonds. The number of hydrogen-bond donors (Lipinski definition) is 1. The van der Waals surface area contributed by atoms with Crippen molar-refractivity contribution in [1.82, 2.24) is 9.78 Å². The Morgan fingerprint density at radius 2 is 2.16 bits per heavy atom. The normalized spacial score (nSPS) is 10.5. The number of nitrogens with two attached hydrogens (primary N) is 1. The van der Waals surface area contributed by atoms with Crippen molar-refractivity contribution in [2.45, 2.75) is 13.5 Å². The maximum atomic E-state index is 11.7. The first-order valence-corrected chi connectivity index (χ1v) is 6.16. The van der Waals surface area contributed by atoms with E-state index in [1.165, 1.54) is 4.68 Å². The van der Waals surface area contributed by atoms with Gasteiger partial charge in [0.15, 0.2) is 0 Å². The van der Waals surface area contributed by atoms with Crippen LogP contribution in [0.15, 0.2) is 35.1 Å². The van der Waals surface area contributed by atoms with Crippen LogP contribution in [0.5, 0.6) is 5.75 Å². The first kappa shape index (κ1) is 13.3. The highest BCUT2D eigenvalue weighted by Crippen LogP contribution is 2.22. The fourth-order valence-electron chi connectivity index (χ4n) is 1.87. The third kappa shape index (κ3) is 2.82. The van der Waals surface area contributed by atoms with Gasteiger partial charge in [-0.1, -0.05) is 12.1 Å². The van der Waals surface area contributed by atoms with Gasteiger partial charge in [-0.3, -0.25) is 4.79 Å². The Hall–Kier alpha value is -2.14. The molecule has 1 aromatic heterocycles. The highest BCUT2D eigenvalue weighted by atomic mass is 16.5. The van der Waals surface area contributed by atoms with E-state index >= 15 is 0 Å². The van der Waals surface area contributed by atoms with Gasteiger partial charge in [0, 0.05) is 24.7 Å². The van der Waals surface area contributed by atoms with Gasteiger partial charge in [-0.2, -0.15) is 5.10 Å². The van der Waals surface area contributed by atoms with Crippen molar-refractivity contribution in [3.63, 3.8) is 0 Å². The van der Waals surface area contributed by atoms with Crippen LogP contribution >= 0.6 is 0 Å². The van der Waals surface area contributed by atoms with Crippen LogP contribution < -0.4 is 16.0 Å². The van der Waals surface area contributed by atoms with Crippen molar-refractivity contribution in [1.29, 1.82) is 0 Å². The Morgan fingerprint density at radius 3 is 2.84 bits per heavy atom. The van der Waals surface area contributed by atoms with Crippen molar-refractivity contribution in [2.75, 3.05) is 6.61 Å². The summed E-state index contributed by atoms with van der Waals surface area (Å²) < 4.78 is 6.77. The lowest BCUT2D eigenvalue weighted by Crippen LogP contribution is -2.25. The van der Waals surface area contributed by atoms with Crippen LogP contribution in [0.1, 0.15) is 12.5 Å². The minimum Gasteiger partial charge on any atom is -0.494 e. The number of aromatic nitrogens is 2. The fraction of sp³-hybridized carbons (Fsp3) is 0.286. The maximum Gasteiger partial charge on any atom is 0.271 e. The molecule has 0 unspecified atom stereocenters. The number of benzene rings is 1. The van der Waals surface area contributed by atoms with Gasteiger partial charge in [0.1, 0.15) is 5.75 Å². The molecule has 2 N–H and O–H groups in total. The van der Waals surface area contributed by atoms with Crippen LogP contribution in [-0.4, -0.2) is 16.4 Å². The molecule has 0 spiro atoms. The molecule has 2 aromatic rings. The lowest BCUT2D eigenvalue weighted by Gasteiger charge is -2.08. The molecule has 5 nitrogen and oxygen atoms in total. The van der Waals surface area contributed by atoms with Crippen LogP contribution in [0.2, 0.25) is 0 Å². The molecule has 0 aliphatic heterocycles. The first-order valence-electron chi connectivity index (χ1n) is 6.16. The molecule has 0 saturated heterocycles. The van der Waals surface area contributed by atoms with Gasteiger partial charge in [0.05, 0.1) is 12.3 Å². The monoisotopic (exact) mass is 259 g/mol. The van der Waals surface area contributed by atoms with Gasteiger partial charge in [-0.05, 0) is 25.1 Å². The molecule has 5 heteroatoms. The average molecular weight is 259 g/mol. The first-order chi connectivity index (χ1) is 9.15. The van der Waals surface area contributed by atoms with E-state index in [1.807, 2.05) is 31.2 Å². The highest BCUT2D eigenvalue weighted by Gasteiger charge is 2.07. The SMILES string of the molecule is CCOc1cccc(-c2cc(CN)c(=O)n(C)n2)c1. The second kappa shape index (κ2) is 5.67. The number of ether oxygens (including phenoxy) is 1. The van der Waals surface area contributed by atoms with Crippen molar-refractivity contribution >= 4 is 0 Å². The van der Waals surface area contributed by atoms with Crippen molar-refractivity contribution < 1.29 is 4.74 Å². The number of rotatable bonds is 4. The summed E-state index contributed by atoms with van der Waals surface area (Å²) in [4.78, 5) is 11.7. The lowest BCUT2D eigenvalue weighted by molar-refractivity contribution is 0.340.